The summed E-state index contributed by atoms with van der Waals surface area (Å²) in [7, 11) is -3.71. The highest BCUT2D eigenvalue weighted by molar-refractivity contribution is 7.89. The third-order valence-corrected chi connectivity index (χ3v) is 7.42. The van der Waals surface area contributed by atoms with Crippen molar-refractivity contribution in [1.82, 2.24) is 19.4 Å². The van der Waals surface area contributed by atoms with Crippen molar-refractivity contribution in [2.75, 3.05) is 19.6 Å². The van der Waals surface area contributed by atoms with E-state index in [0.717, 1.165) is 5.69 Å². The molecule has 0 saturated carbocycles. The third kappa shape index (κ3) is 6.61. The lowest BCUT2D eigenvalue weighted by molar-refractivity contribution is -0.116. The molecule has 1 aromatic heterocycles. The van der Waals surface area contributed by atoms with E-state index in [4.69, 9.17) is 5.10 Å². The molecule has 0 fully saturated rings. The minimum atomic E-state index is -3.71. The summed E-state index contributed by atoms with van der Waals surface area (Å²) in [6.07, 6.45) is 6.12. The summed E-state index contributed by atoms with van der Waals surface area (Å²) in [6.45, 7) is 8.55. The number of carbonyl (C=O) groups excluding carboxylic acids is 1. The van der Waals surface area contributed by atoms with Gasteiger partial charge in [0, 0.05) is 37.0 Å². The van der Waals surface area contributed by atoms with Crippen LogP contribution in [0.25, 0.3) is 23.0 Å². The summed E-state index contributed by atoms with van der Waals surface area (Å²) in [6, 6.07) is 17.9. The number of hydrogen-bond donors (Lipinski definition) is 1. The van der Waals surface area contributed by atoms with Crippen molar-refractivity contribution in [2.45, 2.75) is 31.6 Å². The van der Waals surface area contributed by atoms with Crippen LogP contribution >= 0.6 is 0 Å². The number of benzene rings is 2. The molecule has 192 valence electrons. The summed E-state index contributed by atoms with van der Waals surface area (Å²) in [5.74, 6) is -0.535. The summed E-state index contributed by atoms with van der Waals surface area (Å²) >= 11 is 0. The summed E-state index contributed by atoms with van der Waals surface area (Å²) in [5, 5.41) is 17.0. The maximum Gasteiger partial charge on any atom is 0.262 e. The SMILES string of the molecule is C=CCNC(=O)C(C#N)=Cc1cn(-c2ccccc2)nc1-c1cccc(S(=O)(=O)N(CCC)CCC)c1. The quantitative estimate of drug-likeness (QED) is 0.215. The Balaban J connectivity index is 2.15. The van der Waals surface area contributed by atoms with Gasteiger partial charge in [0.2, 0.25) is 10.0 Å². The van der Waals surface area contributed by atoms with E-state index in [1.165, 1.54) is 16.5 Å². The van der Waals surface area contributed by atoms with Gasteiger partial charge in [-0.3, -0.25) is 4.79 Å². The Morgan fingerprint density at radius 2 is 1.84 bits per heavy atom. The van der Waals surface area contributed by atoms with Crippen LogP contribution < -0.4 is 5.32 Å². The first-order valence-electron chi connectivity index (χ1n) is 12.1. The molecular weight excluding hydrogens is 486 g/mol. The zero-order chi connectivity index (χ0) is 26.8. The number of aromatic nitrogens is 2. The number of nitrogens with one attached hydrogen (secondary N) is 1. The molecule has 2 aromatic carbocycles. The minimum absolute atomic E-state index is 0.100. The van der Waals surface area contributed by atoms with Gasteiger partial charge in [0.1, 0.15) is 17.3 Å². The van der Waals surface area contributed by atoms with E-state index in [2.05, 4.69) is 11.9 Å². The van der Waals surface area contributed by atoms with Gasteiger partial charge in [0.25, 0.3) is 5.91 Å². The molecule has 1 heterocycles. The molecule has 3 aromatic rings. The smallest absolute Gasteiger partial charge is 0.262 e. The predicted octanol–water partition coefficient (Wildman–Crippen LogP) is 4.56. The molecule has 0 radical (unpaired) electrons. The van der Waals surface area contributed by atoms with Gasteiger partial charge >= 0.3 is 0 Å². The van der Waals surface area contributed by atoms with Crippen molar-refractivity contribution in [1.29, 1.82) is 5.26 Å². The van der Waals surface area contributed by atoms with Crippen LogP contribution in [0.5, 0.6) is 0 Å². The molecule has 0 aliphatic heterocycles. The summed E-state index contributed by atoms with van der Waals surface area (Å²) in [4.78, 5) is 12.7. The Labute approximate surface area is 218 Å². The first kappa shape index (κ1) is 27.6. The number of nitriles is 1. The zero-order valence-corrected chi connectivity index (χ0v) is 21.9. The van der Waals surface area contributed by atoms with E-state index < -0.39 is 15.9 Å². The molecule has 0 saturated heterocycles. The molecule has 9 heteroatoms. The molecule has 0 atom stereocenters. The fraction of sp³-hybridized carbons (Fsp3) is 0.250. The van der Waals surface area contributed by atoms with E-state index in [0.29, 0.717) is 42.8 Å². The molecule has 0 unspecified atom stereocenters. The first-order chi connectivity index (χ1) is 17.8. The van der Waals surface area contributed by atoms with E-state index in [9.17, 15) is 18.5 Å². The molecule has 37 heavy (non-hydrogen) atoms. The van der Waals surface area contributed by atoms with Gasteiger partial charge in [-0.1, -0.05) is 50.3 Å². The van der Waals surface area contributed by atoms with Gasteiger partial charge in [0.15, 0.2) is 0 Å². The lowest BCUT2D eigenvalue weighted by Gasteiger charge is -2.21. The second-order valence-corrected chi connectivity index (χ2v) is 10.3. The Bertz CT molecular complexity index is 1410. The fourth-order valence-corrected chi connectivity index (χ4v) is 5.47. The topological polar surface area (TPSA) is 108 Å². The number of carbonyl (C=O) groups is 1. The number of nitrogens with zero attached hydrogens (tertiary/aromatic N) is 4. The Kier molecular flexibility index (Phi) is 9.55. The van der Waals surface area contributed by atoms with E-state index in [-0.39, 0.29) is 17.0 Å². The van der Waals surface area contributed by atoms with Crippen molar-refractivity contribution in [3.8, 4) is 23.0 Å². The van der Waals surface area contributed by atoms with Crippen LogP contribution in [0.4, 0.5) is 0 Å². The number of hydrogen-bond acceptors (Lipinski definition) is 5. The monoisotopic (exact) mass is 517 g/mol. The van der Waals surface area contributed by atoms with Crippen molar-refractivity contribution >= 4 is 22.0 Å². The second-order valence-electron chi connectivity index (χ2n) is 8.31. The van der Waals surface area contributed by atoms with Crippen LogP contribution in [-0.2, 0) is 14.8 Å². The van der Waals surface area contributed by atoms with Crippen LogP contribution in [-0.4, -0.2) is 48.0 Å². The summed E-state index contributed by atoms with van der Waals surface area (Å²) in [5.41, 5.74) is 2.18. The minimum Gasteiger partial charge on any atom is -0.348 e. The fourth-order valence-electron chi connectivity index (χ4n) is 3.80. The van der Waals surface area contributed by atoms with Crippen molar-refractivity contribution < 1.29 is 13.2 Å². The molecule has 0 bridgehead atoms. The molecule has 0 aliphatic carbocycles. The van der Waals surface area contributed by atoms with Crippen molar-refractivity contribution in [2.24, 2.45) is 0 Å². The zero-order valence-electron chi connectivity index (χ0n) is 21.1. The number of amides is 1. The number of rotatable bonds is 12. The Morgan fingerprint density at radius 1 is 1.14 bits per heavy atom. The lowest BCUT2D eigenvalue weighted by atomic mass is 10.1. The highest BCUT2D eigenvalue weighted by Crippen LogP contribution is 2.29. The van der Waals surface area contributed by atoms with Gasteiger partial charge in [-0.05, 0) is 43.2 Å². The standard InChI is InChI=1S/C28H31N5O3S/c1-4-15-30-28(34)23(20-29)18-24-21-33(25-12-8-7-9-13-25)31-27(24)22-11-10-14-26(19-22)37(35,36)32(16-5-2)17-6-3/h4,7-14,18-19,21H,1,5-6,15-17H2,2-3H3,(H,30,34). The average Bonchev–Trinajstić information content (AvgIpc) is 3.34. The lowest BCUT2D eigenvalue weighted by Crippen LogP contribution is -2.32. The average molecular weight is 518 g/mol. The number of sulfonamides is 1. The molecule has 8 nitrogen and oxygen atoms in total. The van der Waals surface area contributed by atoms with Crippen LogP contribution in [0.15, 0.2) is 83.9 Å². The van der Waals surface area contributed by atoms with Crippen LogP contribution in [0.2, 0.25) is 0 Å². The molecule has 3 rings (SSSR count). The Hall–Kier alpha value is -4.00. The highest BCUT2D eigenvalue weighted by atomic mass is 32.2. The van der Waals surface area contributed by atoms with E-state index in [1.807, 2.05) is 50.2 Å². The predicted molar refractivity (Wildman–Crippen MR) is 145 cm³/mol. The maximum absolute atomic E-state index is 13.4. The van der Waals surface area contributed by atoms with E-state index in [1.54, 1.807) is 35.1 Å². The van der Waals surface area contributed by atoms with Gasteiger partial charge in [-0.2, -0.15) is 14.7 Å². The molecule has 0 spiro atoms. The molecule has 1 N–H and O–H groups in total. The first-order valence-corrected chi connectivity index (χ1v) is 13.6. The third-order valence-electron chi connectivity index (χ3n) is 5.53. The largest absolute Gasteiger partial charge is 0.348 e. The molecule has 0 aliphatic rings. The molecule has 1 amide bonds. The van der Waals surface area contributed by atoms with Gasteiger partial charge < -0.3 is 5.32 Å². The van der Waals surface area contributed by atoms with Crippen molar-refractivity contribution in [3.63, 3.8) is 0 Å². The van der Waals surface area contributed by atoms with Gasteiger partial charge in [0.05, 0.1) is 10.6 Å². The Morgan fingerprint density at radius 3 is 2.46 bits per heavy atom. The normalized spacial score (nSPS) is 11.8. The van der Waals surface area contributed by atoms with Gasteiger partial charge in [-0.25, -0.2) is 13.1 Å². The van der Waals surface area contributed by atoms with Crippen molar-refractivity contribution in [3.05, 3.63) is 84.6 Å². The van der Waals surface area contributed by atoms with Gasteiger partial charge in [-0.15, -0.1) is 6.58 Å². The van der Waals surface area contributed by atoms with Crippen LogP contribution in [0.1, 0.15) is 32.3 Å². The molecular formula is C28H31N5O3S. The maximum atomic E-state index is 13.4. The van der Waals surface area contributed by atoms with Crippen LogP contribution in [0.3, 0.4) is 0 Å². The summed E-state index contributed by atoms with van der Waals surface area (Å²) < 4.78 is 29.9. The van der Waals surface area contributed by atoms with Crippen LogP contribution in [0, 0.1) is 11.3 Å². The van der Waals surface area contributed by atoms with E-state index >= 15 is 0 Å². The highest BCUT2D eigenvalue weighted by Gasteiger charge is 2.24. The number of para-hydroxylation sites is 1. The second kappa shape index (κ2) is 12.8.